The van der Waals surface area contributed by atoms with Gasteiger partial charge in [0.15, 0.2) is 0 Å². The Morgan fingerprint density at radius 3 is 2.81 bits per heavy atom. The van der Waals surface area contributed by atoms with Crippen LogP contribution >= 0.6 is 11.3 Å². The fourth-order valence-electron chi connectivity index (χ4n) is 1.82. The number of aromatic nitrogens is 1. The minimum absolute atomic E-state index is 0.311. The van der Waals surface area contributed by atoms with Crippen LogP contribution in [0.15, 0.2) is 5.51 Å². The van der Waals surface area contributed by atoms with E-state index >= 15 is 0 Å². The Morgan fingerprint density at radius 1 is 1.33 bits per heavy atom. The van der Waals surface area contributed by atoms with E-state index in [4.69, 9.17) is 9.47 Å². The Labute approximate surface area is 130 Å². The monoisotopic (exact) mass is 318 g/mol. The smallest absolute Gasteiger partial charge is 0.0897 e. The maximum absolute atomic E-state index is 9.75. The highest BCUT2D eigenvalue weighted by Gasteiger charge is 2.07. The first kappa shape index (κ1) is 18.5. The van der Waals surface area contributed by atoms with Crippen LogP contribution in [0.1, 0.15) is 17.0 Å². The minimum atomic E-state index is -0.535. The van der Waals surface area contributed by atoms with Crippen molar-refractivity contribution in [1.29, 1.82) is 0 Å². The van der Waals surface area contributed by atoms with Gasteiger partial charge >= 0.3 is 0 Å². The van der Waals surface area contributed by atoms with Crippen molar-refractivity contribution in [2.24, 2.45) is 0 Å². The number of nitrogens with zero attached hydrogens (tertiary/aromatic N) is 1. The molecule has 21 heavy (non-hydrogen) atoms. The fourth-order valence-corrected chi connectivity index (χ4v) is 2.58. The molecule has 0 saturated heterocycles. The van der Waals surface area contributed by atoms with Crippen molar-refractivity contribution >= 4 is 11.3 Å². The van der Waals surface area contributed by atoms with Crippen molar-refractivity contribution in [3.05, 3.63) is 16.1 Å². The number of aliphatic hydroxyl groups is 2. The van der Waals surface area contributed by atoms with Gasteiger partial charge in [0.25, 0.3) is 0 Å². The molecule has 6 nitrogen and oxygen atoms in total. The SMILES string of the molecule is COCC(O)CCNCC(O)COCCc1scnc1C. The first-order valence-electron chi connectivity index (χ1n) is 7.16. The number of aryl methyl sites for hydroxylation is 1. The van der Waals surface area contributed by atoms with Crippen LogP contribution in [0.3, 0.4) is 0 Å². The first-order valence-corrected chi connectivity index (χ1v) is 8.04. The number of ether oxygens (including phenoxy) is 2. The molecule has 1 aromatic rings. The maximum Gasteiger partial charge on any atom is 0.0897 e. The lowest BCUT2D eigenvalue weighted by Crippen LogP contribution is -2.33. The zero-order chi connectivity index (χ0) is 15.5. The van der Waals surface area contributed by atoms with Crippen molar-refractivity contribution < 1.29 is 19.7 Å². The Balaban J connectivity index is 1.96. The lowest BCUT2D eigenvalue weighted by Gasteiger charge is -2.14. The van der Waals surface area contributed by atoms with E-state index in [9.17, 15) is 10.2 Å². The summed E-state index contributed by atoms with van der Waals surface area (Å²) in [7, 11) is 1.56. The zero-order valence-electron chi connectivity index (χ0n) is 12.7. The second kappa shape index (κ2) is 11.1. The number of hydrogen-bond donors (Lipinski definition) is 3. The molecule has 7 heteroatoms. The number of rotatable bonds is 12. The summed E-state index contributed by atoms with van der Waals surface area (Å²) < 4.78 is 10.3. The molecule has 0 radical (unpaired) electrons. The van der Waals surface area contributed by atoms with Crippen molar-refractivity contribution in [3.63, 3.8) is 0 Å². The normalized spacial score (nSPS) is 14.3. The molecule has 1 aromatic heterocycles. The summed E-state index contributed by atoms with van der Waals surface area (Å²) in [4.78, 5) is 5.41. The van der Waals surface area contributed by atoms with Crippen LogP contribution < -0.4 is 5.32 Å². The summed E-state index contributed by atoms with van der Waals surface area (Å²) in [6, 6.07) is 0. The van der Waals surface area contributed by atoms with E-state index in [0.717, 1.165) is 12.1 Å². The van der Waals surface area contributed by atoms with E-state index in [1.807, 2.05) is 12.4 Å². The van der Waals surface area contributed by atoms with Gasteiger partial charge in [-0.2, -0.15) is 0 Å². The highest BCUT2D eigenvalue weighted by atomic mass is 32.1. The molecule has 1 heterocycles. The van der Waals surface area contributed by atoms with Gasteiger partial charge in [-0.05, 0) is 19.9 Å². The van der Waals surface area contributed by atoms with Crippen LogP contribution in [0.5, 0.6) is 0 Å². The summed E-state index contributed by atoms with van der Waals surface area (Å²) in [5.74, 6) is 0. The van der Waals surface area contributed by atoms with Gasteiger partial charge < -0.3 is 25.0 Å². The molecular weight excluding hydrogens is 292 g/mol. The standard InChI is InChI=1S/C14H26N2O4S/c1-11-14(21-10-16-11)4-6-20-9-13(18)7-15-5-3-12(17)8-19-2/h10,12-13,15,17-18H,3-9H2,1-2H3. The zero-order valence-corrected chi connectivity index (χ0v) is 13.6. The fraction of sp³-hybridized carbons (Fsp3) is 0.786. The molecule has 1 rings (SSSR count). The van der Waals surface area contributed by atoms with Gasteiger partial charge in [-0.25, -0.2) is 4.98 Å². The van der Waals surface area contributed by atoms with E-state index in [1.54, 1.807) is 18.4 Å². The van der Waals surface area contributed by atoms with Crippen LogP contribution in [-0.2, 0) is 15.9 Å². The van der Waals surface area contributed by atoms with Crippen LogP contribution in [0.4, 0.5) is 0 Å². The molecule has 2 unspecified atom stereocenters. The molecule has 2 atom stereocenters. The number of hydrogen-bond acceptors (Lipinski definition) is 7. The number of thiazole rings is 1. The van der Waals surface area contributed by atoms with E-state index in [2.05, 4.69) is 10.3 Å². The van der Waals surface area contributed by atoms with Gasteiger partial charge in [0.1, 0.15) is 0 Å². The summed E-state index contributed by atoms with van der Waals surface area (Å²) in [5, 5.41) is 22.3. The lowest BCUT2D eigenvalue weighted by atomic mass is 10.2. The summed E-state index contributed by atoms with van der Waals surface area (Å²) in [6.07, 6.45) is 0.442. The molecule has 0 saturated carbocycles. The van der Waals surface area contributed by atoms with E-state index < -0.39 is 12.2 Å². The minimum Gasteiger partial charge on any atom is -0.391 e. The molecular formula is C14H26N2O4S. The predicted octanol–water partition coefficient (Wildman–Crippen LogP) is 0.359. The number of aliphatic hydroxyl groups excluding tert-OH is 2. The molecule has 0 amide bonds. The number of nitrogens with one attached hydrogen (secondary N) is 1. The van der Waals surface area contributed by atoms with E-state index in [1.165, 1.54) is 4.88 Å². The number of methoxy groups -OCH3 is 1. The Morgan fingerprint density at radius 2 is 2.14 bits per heavy atom. The molecule has 0 aromatic carbocycles. The van der Waals surface area contributed by atoms with Gasteiger partial charge in [0.05, 0.1) is 43.2 Å². The third kappa shape index (κ3) is 8.45. The summed E-state index contributed by atoms with van der Waals surface area (Å²) >= 11 is 1.63. The van der Waals surface area contributed by atoms with E-state index in [-0.39, 0.29) is 0 Å². The second-order valence-corrected chi connectivity index (χ2v) is 5.88. The molecule has 0 fully saturated rings. The molecule has 0 aliphatic heterocycles. The molecule has 0 spiro atoms. The third-order valence-corrected chi connectivity index (χ3v) is 4.02. The van der Waals surface area contributed by atoms with Gasteiger partial charge in [-0.15, -0.1) is 11.3 Å². The average Bonchev–Trinajstić information content (AvgIpc) is 2.86. The Kier molecular flexibility index (Phi) is 9.73. The molecule has 0 bridgehead atoms. The topological polar surface area (TPSA) is 83.8 Å². The Hall–Kier alpha value is -0.570. The van der Waals surface area contributed by atoms with E-state index in [0.29, 0.717) is 39.3 Å². The summed E-state index contributed by atoms with van der Waals surface area (Å²) in [6.45, 7) is 4.33. The highest BCUT2D eigenvalue weighted by Crippen LogP contribution is 2.12. The quantitative estimate of drug-likeness (QED) is 0.483. The molecule has 3 N–H and O–H groups in total. The summed E-state index contributed by atoms with van der Waals surface area (Å²) in [5.41, 5.74) is 2.89. The van der Waals surface area contributed by atoms with Gasteiger partial charge in [0.2, 0.25) is 0 Å². The molecule has 122 valence electrons. The highest BCUT2D eigenvalue weighted by molar-refractivity contribution is 7.09. The van der Waals surface area contributed by atoms with Gasteiger partial charge in [-0.3, -0.25) is 0 Å². The van der Waals surface area contributed by atoms with Crippen LogP contribution in [0.25, 0.3) is 0 Å². The van der Waals surface area contributed by atoms with Crippen LogP contribution in [0.2, 0.25) is 0 Å². The molecule has 0 aliphatic carbocycles. The van der Waals surface area contributed by atoms with Crippen molar-refractivity contribution in [2.75, 3.05) is 40.0 Å². The maximum atomic E-state index is 9.75. The van der Waals surface area contributed by atoms with Crippen molar-refractivity contribution in [2.45, 2.75) is 32.0 Å². The molecule has 0 aliphatic rings. The van der Waals surface area contributed by atoms with Gasteiger partial charge in [-0.1, -0.05) is 0 Å². The second-order valence-electron chi connectivity index (χ2n) is 4.94. The lowest BCUT2D eigenvalue weighted by molar-refractivity contribution is 0.0361. The van der Waals surface area contributed by atoms with Crippen molar-refractivity contribution in [1.82, 2.24) is 10.3 Å². The first-order chi connectivity index (χ1) is 10.1. The van der Waals surface area contributed by atoms with Crippen LogP contribution in [-0.4, -0.2) is 67.4 Å². The predicted molar refractivity (Wildman–Crippen MR) is 82.8 cm³/mol. The van der Waals surface area contributed by atoms with Crippen LogP contribution in [0, 0.1) is 6.92 Å². The Bertz CT molecular complexity index is 376. The van der Waals surface area contributed by atoms with Gasteiger partial charge in [0, 0.05) is 25.0 Å². The average molecular weight is 318 g/mol. The largest absolute Gasteiger partial charge is 0.391 e. The van der Waals surface area contributed by atoms with Crippen molar-refractivity contribution in [3.8, 4) is 0 Å². The third-order valence-electron chi connectivity index (χ3n) is 3.02.